The Hall–Kier alpha value is -0.0800. The van der Waals surface area contributed by atoms with Crippen molar-refractivity contribution in [2.24, 2.45) is 5.41 Å². The minimum atomic E-state index is 0.505. The lowest BCUT2D eigenvalue weighted by molar-refractivity contribution is -0.00442. The van der Waals surface area contributed by atoms with Gasteiger partial charge in [-0.1, -0.05) is 20.3 Å². The molecule has 2 nitrogen and oxygen atoms in total. The third-order valence-corrected chi connectivity index (χ3v) is 4.75. The molecule has 0 radical (unpaired) electrons. The Morgan fingerprint density at radius 3 is 2.69 bits per heavy atom. The summed E-state index contributed by atoms with van der Waals surface area (Å²) in [6.07, 6.45) is 9.77. The van der Waals surface area contributed by atoms with Gasteiger partial charge in [0.05, 0.1) is 6.10 Å². The monoisotopic (exact) mass is 225 g/mol. The largest absolute Gasteiger partial charge is 0.378 e. The van der Waals surface area contributed by atoms with Gasteiger partial charge < -0.3 is 10.1 Å². The minimum Gasteiger partial charge on any atom is -0.378 e. The second-order valence-electron chi connectivity index (χ2n) is 5.71. The maximum absolute atomic E-state index is 5.72. The second kappa shape index (κ2) is 5.50. The van der Waals surface area contributed by atoms with Crippen molar-refractivity contribution in [2.75, 3.05) is 13.2 Å². The summed E-state index contributed by atoms with van der Waals surface area (Å²) in [5.41, 5.74) is 0.653. The van der Waals surface area contributed by atoms with Gasteiger partial charge in [0, 0.05) is 19.2 Å². The van der Waals surface area contributed by atoms with Crippen LogP contribution in [0.2, 0.25) is 0 Å². The van der Waals surface area contributed by atoms with Gasteiger partial charge in [0.15, 0.2) is 0 Å². The first-order valence-electron chi connectivity index (χ1n) is 7.13. The quantitative estimate of drug-likeness (QED) is 0.776. The average molecular weight is 225 g/mol. The second-order valence-corrected chi connectivity index (χ2v) is 5.71. The topological polar surface area (TPSA) is 21.3 Å². The van der Waals surface area contributed by atoms with E-state index in [1.54, 1.807) is 0 Å². The van der Waals surface area contributed by atoms with Crippen LogP contribution in [0.5, 0.6) is 0 Å². The highest BCUT2D eigenvalue weighted by Crippen LogP contribution is 2.43. The molecule has 1 aliphatic carbocycles. The first-order valence-corrected chi connectivity index (χ1v) is 7.13. The summed E-state index contributed by atoms with van der Waals surface area (Å²) in [5, 5.41) is 3.80. The lowest BCUT2D eigenvalue weighted by Gasteiger charge is -2.43. The molecule has 0 amide bonds. The third-order valence-electron chi connectivity index (χ3n) is 4.75. The van der Waals surface area contributed by atoms with E-state index in [-0.39, 0.29) is 0 Å². The van der Waals surface area contributed by atoms with Crippen LogP contribution in [0.4, 0.5) is 0 Å². The van der Waals surface area contributed by atoms with E-state index in [9.17, 15) is 0 Å². The SMILES string of the molecule is CCC1CC(NCC2(CC)CCC2)CCO1. The summed E-state index contributed by atoms with van der Waals surface area (Å²) >= 11 is 0. The Morgan fingerprint density at radius 1 is 1.31 bits per heavy atom. The molecule has 16 heavy (non-hydrogen) atoms. The van der Waals surface area contributed by atoms with E-state index < -0.39 is 0 Å². The molecule has 1 N–H and O–H groups in total. The molecule has 1 aliphatic heterocycles. The highest BCUT2D eigenvalue weighted by atomic mass is 16.5. The van der Waals surface area contributed by atoms with E-state index in [2.05, 4.69) is 19.2 Å². The molecule has 2 heteroatoms. The van der Waals surface area contributed by atoms with Crippen LogP contribution in [0.15, 0.2) is 0 Å². The molecule has 0 bridgehead atoms. The Balaban J connectivity index is 1.72. The van der Waals surface area contributed by atoms with Gasteiger partial charge in [-0.2, -0.15) is 0 Å². The van der Waals surface area contributed by atoms with E-state index in [0.717, 1.165) is 13.0 Å². The lowest BCUT2D eigenvalue weighted by atomic mass is 9.67. The molecule has 0 spiro atoms. The molecule has 1 saturated carbocycles. The van der Waals surface area contributed by atoms with Gasteiger partial charge in [-0.3, -0.25) is 0 Å². The predicted octanol–water partition coefficient (Wildman–Crippen LogP) is 3.11. The van der Waals surface area contributed by atoms with Gasteiger partial charge in [-0.25, -0.2) is 0 Å². The summed E-state index contributed by atoms with van der Waals surface area (Å²) in [4.78, 5) is 0. The van der Waals surface area contributed by atoms with Crippen molar-refractivity contribution in [3.63, 3.8) is 0 Å². The van der Waals surface area contributed by atoms with E-state index in [0.29, 0.717) is 17.6 Å². The van der Waals surface area contributed by atoms with E-state index in [1.807, 2.05) is 0 Å². The number of hydrogen-bond donors (Lipinski definition) is 1. The first kappa shape index (κ1) is 12.4. The Morgan fingerprint density at radius 2 is 2.12 bits per heavy atom. The average Bonchev–Trinajstić information content (AvgIpc) is 2.29. The standard InChI is InChI=1S/C14H27NO/c1-3-13-10-12(6-9-16-13)15-11-14(4-2)7-5-8-14/h12-13,15H,3-11H2,1-2H3. The summed E-state index contributed by atoms with van der Waals surface area (Å²) in [7, 11) is 0. The number of nitrogens with one attached hydrogen (secondary N) is 1. The normalized spacial score (nSPS) is 33.4. The molecule has 0 aromatic rings. The van der Waals surface area contributed by atoms with Gasteiger partial charge in [-0.15, -0.1) is 0 Å². The number of ether oxygens (including phenoxy) is 1. The van der Waals surface area contributed by atoms with Gasteiger partial charge >= 0.3 is 0 Å². The van der Waals surface area contributed by atoms with E-state index in [1.165, 1.54) is 45.1 Å². The molecular weight excluding hydrogens is 198 g/mol. The maximum atomic E-state index is 5.72. The van der Waals surface area contributed by atoms with Crippen molar-refractivity contribution < 1.29 is 4.74 Å². The lowest BCUT2D eigenvalue weighted by Crippen LogP contribution is -2.46. The zero-order valence-electron chi connectivity index (χ0n) is 10.9. The van der Waals surface area contributed by atoms with Crippen LogP contribution < -0.4 is 5.32 Å². The van der Waals surface area contributed by atoms with Crippen molar-refractivity contribution in [1.29, 1.82) is 0 Å². The molecule has 0 aromatic heterocycles. The molecule has 2 fully saturated rings. The molecule has 2 unspecified atom stereocenters. The van der Waals surface area contributed by atoms with Crippen LogP contribution in [0.3, 0.4) is 0 Å². The Bertz CT molecular complexity index is 207. The highest BCUT2D eigenvalue weighted by molar-refractivity contribution is 4.90. The Kier molecular flexibility index (Phi) is 4.26. The summed E-state index contributed by atoms with van der Waals surface area (Å²) < 4.78 is 5.72. The fourth-order valence-electron chi connectivity index (χ4n) is 3.04. The molecule has 2 aliphatic rings. The summed E-state index contributed by atoms with van der Waals surface area (Å²) in [6, 6.07) is 0.711. The summed E-state index contributed by atoms with van der Waals surface area (Å²) in [6.45, 7) is 6.77. The van der Waals surface area contributed by atoms with Crippen LogP contribution >= 0.6 is 0 Å². The van der Waals surface area contributed by atoms with E-state index in [4.69, 9.17) is 4.74 Å². The first-order chi connectivity index (χ1) is 7.78. The molecule has 0 aromatic carbocycles. The van der Waals surface area contributed by atoms with Crippen molar-refractivity contribution in [3.8, 4) is 0 Å². The number of rotatable bonds is 5. The zero-order chi connectivity index (χ0) is 11.4. The van der Waals surface area contributed by atoms with Crippen LogP contribution in [0, 0.1) is 5.41 Å². The van der Waals surface area contributed by atoms with Crippen LogP contribution in [-0.4, -0.2) is 25.3 Å². The van der Waals surface area contributed by atoms with Gasteiger partial charge in [0.2, 0.25) is 0 Å². The molecule has 94 valence electrons. The fourth-order valence-corrected chi connectivity index (χ4v) is 3.04. The van der Waals surface area contributed by atoms with Crippen LogP contribution in [0.25, 0.3) is 0 Å². The zero-order valence-corrected chi connectivity index (χ0v) is 10.9. The molecule has 1 heterocycles. The number of hydrogen-bond acceptors (Lipinski definition) is 2. The van der Waals surface area contributed by atoms with Crippen molar-refractivity contribution >= 4 is 0 Å². The predicted molar refractivity (Wildman–Crippen MR) is 67.6 cm³/mol. The minimum absolute atomic E-state index is 0.505. The molecule has 1 saturated heterocycles. The van der Waals surface area contributed by atoms with Crippen molar-refractivity contribution in [3.05, 3.63) is 0 Å². The Labute approximate surface area is 100 Å². The third kappa shape index (κ3) is 2.78. The fraction of sp³-hybridized carbons (Fsp3) is 1.00. The van der Waals surface area contributed by atoms with Crippen LogP contribution in [0.1, 0.15) is 58.8 Å². The van der Waals surface area contributed by atoms with Crippen molar-refractivity contribution in [1.82, 2.24) is 5.32 Å². The van der Waals surface area contributed by atoms with Crippen molar-refractivity contribution in [2.45, 2.75) is 70.9 Å². The van der Waals surface area contributed by atoms with E-state index >= 15 is 0 Å². The molecular formula is C14H27NO. The van der Waals surface area contributed by atoms with Gasteiger partial charge in [0.25, 0.3) is 0 Å². The molecule has 2 atom stereocenters. The van der Waals surface area contributed by atoms with Gasteiger partial charge in [-0.05, 0) is 43.9 Å². The highest BCUT2D eigenvalue weighted by Gasteiger charge is 2.35. The maximum Gasteiger partial charge on any atom is 0.0587 e. The smallest absolute Gasteiger partial charge is 0.0587 e. The van der Waals surface area contributed by atoms with Gasteiger partial charge in [0.1, 0.15) is 0 Å². The summed E-state index contributed by atoms with van der Waals surface area (Å²) in [5.74, 6) is 0. The molecule has 2 rings (SSSR count). The van der Waals surface area contributed by atoms with Crippen LogP contribution in [-0.2, 0) is 4.74 Å².